The summed E-state index contributed by atoms with van der Waals surface area (Å²) in [6.45, 7) is 2.37. The van der Waals surface area contributed by atoms with E-state index in [1.807, 2.05) is 19.1 Å². The Hall–Kier alpha value is -2.61. The van der Waals surface area contributed by atoms with Gasteiger partial charge in [-0.2, -0.15) is 0 Å². The van der Waals surface area contributed by atoms with Crippen LogP contribution in [0.2, 0.25) is 0 Å². The average molecular weight is 296 g/mol. The van der Waals surface area contributed by atoms with Gasteiger partial charge in [-0.1, -0.05) is 18.8 Å². The maximum absolute atomic E-state index is 12.5. The Kier molecular flexibility index (Phi) is 3.68. The summed E-state index contributed by atoms with van der Waals surface area (Å²) in [5, 5.41) is 2.30. The number of nitrogens with zero attached hydrogens (tertiary/aromatic N) is 1. The van der Waals surface area contributed by atoms with Crippen LogP contribution in [0.25, 0.3) is 0 Å². The number of hydrogen-bond donors (Lipinski definition) is 1. The molecule has 1 aromatic carbocycles. The number of amides is 3. The molecule has 1 N–H and O–H groups in total. The van der Waals surface area contributed by atoms with Gasteiger partial charge in [0.05, 0.1) is 0 Å². The summed E-state index contributed by atoms with van der Waals surface area (Å²) >= 11 is 0. The van der Waals surface area contributed by atoms with Gasteiger partial charge >= 0.3 is 0 Å². The minimum Gasteiger partial charge on any atom is -0.322 e. The van der Waals surface area contributed by atoms with E-state index in [9.17, 15) is 14.4 Å². The third-order valence-electron chi connectivity index (χ3n) is 3.93. The van der Waals surface area contributed by atoms with Crippen molar-refractivity contribution >= 4 is 17.7 Å². The topological polar surface area (TPSA) is 66.5 Å². The minimum atomic E-state index is -0.567. The molecule has 112 valence electrons. The monoisotopic (exact) mass is 296 g/mol. The second kappa shape index (κ2) is 5.64. The molecule has 1 aromatic rings. The lowest BCUT2D eigenvalue weighted by Crippen LogP contribution is -2.52. The first-order valence-corrected chi connectivity index (χ1v) is 7.36. The Morgan fingerprint density at radius 2 is 2.14 bits per heavy atom. The number of piperidine rings is 1. The molecule has 2 aliphatic rings. The van der Waals surface area contributed by atoms with Crippen LogP contribution in [-0.2, 0) is 16.1 Å². The molecule has 1 fully saturated rings. The Bertz CT molecular complexity index is 727. The zero-order valence-electron chi connectivity index (χ0n) is 12.3. The summed E-state index contributed by atoms with van der Waals surface area (Å²) in [7, 11) is 0. The molecule has 22 heavy (non-hydrogen) atoms. The second-order valence-corrected chi connectivity index (χ2v) is 5.43. The summed E-state index contributed by atoms with van der Waals surface area (Å²) in [4.78, 5) is 37.2. The molecule has 0 saturated carbocycles. The predicted molar refractivity (Wildman–Crippen MR) is 79.7 cm³/mol. The van der Waals surface area contributed by atoms with Crippen LogP contribution < -0.4 is 5.32 Å². The molecule has 1 unspecified atom stereocenters. The standard InChI is InChI=1S/C17H16N2O3/c1-2-3-4-11-5-6-13-12(9-11)10-19(17(13)22)14-7-8-15(20)18-16(14)21/h5-6,9,14H,2,7-8,10H2,1H3,(H,18,20,21). The van der Waals surface area contributed by atoms with Gasteiger partial charge in [0.1, 0.15) is 6.04 Å². The number of carbonyl (C=O) groups is 3. The van der Waals surface area contributed by atoms with Gasteiger partial charge < -0.3 is 4.90 Å². The predicted octanol–water partition coefficient (Wildman–Crippen LogP) is 1.21. The van der Waals surface area contributed by atoms with Gasteiger partial charge in [-0.3, -0.25) is 19.7 Å². The molecule has 0 bridgehead atoms. The third kappa shape index (κ3) is 2.48. The molecule has 0 radical (unpaired) electrons. The SMILES string of the molecule is CCC#Cc1ccc2c(c1)CN(C1CCC(=O)NC1=O)C2=O. The van der Waals surface area contributed by atoms with E-state index in [1.54, 1.807) is 11.0 Å². The van der Waals surface area contributed by atoms with Crippen LogP contribution in [0.15, 0.2) is 18.2 Å². The molecule has 2 aliphatic heterocycles. The normalized spacial score (nSPS) is 20.3. The third-order valence-corrected chi connectivity index (χ3v) is 3.93. The van der Waals surface area contributed by atoms with Crippen molar-refractivity contribution in [3.05, 3.63) is 34.9 Å². The summed E-state index contributed by atoms with van der Waals surface area (Å²) in [6.07, 6.45) is 1.43. The van der Waals surface area contributed by atoms with E-state index in [0.29, 0.717) is 18.5 Å². The van der Waals surface area contributed by atoms with Crippen molar-refractivity contribution < 1.29 is 14.4 Å². The van der Waals surface area contributed by atoms with Gasteiger partial charge in [0.15, 0.2) is 0 Å². The number of nitrogens with one attached hydrogen (secondary N) is 1. The fourth-order valence-corrected chi connectivity index (χ4v) is 2.84. The lowest BCUT2D eigenvalue weighted by molar-refractivity contribution is -0.136. The van der Waals surface area contributed by atoms with Crippen LogP contribution in [0.5, 0.6) is 0 Å². The van der Waals surface area contributed by atoms with Crippen LogP contribution in [0.3, 0.4) is 0 Å². The lowest BCUT2D eigenvalue weighted by Gasteiger charge is -2.29. The van der Waals surface area contributed by atoms with Gasteiger partial charge in [-0.25, -0.2) is 0 Å². The molecular weight excluding hydrogens is 280 g/mol. The highest BCUT2D eigenvalue weighted by atomic mass is 16.2. The van der Waals surface area contributed by atoms with Crippen LogP contribution in [-0.4, -0.2) is 28.7 Å². The second-order valence-electron chi connectivity index (χ2n) is 5.43. The molecule has 3 rings (SSSR count). The highest BCUT2D eigenvalue weighted by molar-refractivity contribution is 6.05. The van der Waals surface area contributed by atoms with Crippen molar-refractivity contribution in [2.45, 2.75) is 38.8 Å². The van der Waals surface area contributed by atoms with Gasteiger partial charge in [0.25, 0.3) is 5.91 Å². The number of hydrogen-bond acceptors (Lipinski definition) is 3. The van der Waals surface area contributed by atoms with Crippen LogP contribution in [0, 0.1) is 11.8 Å². The number of rotatable bonds is 1. The molecule has 1 saturated heterocycles. The lowest BCUT2D eigenvalue weighted by atomic mass is 10.0. The fraction of sp³-hybridized carbons (Fsp3) is 0.353. The quantitative estimate of drug-likeness (QED) is 0.626. The van der Waals surface area contributed by atoms with E-state index in [-0.39, 0.29) is 24.1 Å². The highest BCUT2D eigenvalue weighted by Crippen LogP contribution is 2.27. The molecule has 3 amide bonds. The molecule has 0 aliphatic carbocycles. The first-order valence-electron chi connectivity index (χ1n) is 7.36. The van der Waals surface area contributed by atoms with Gasteiger partial charge in [0.2, 0.25) is 11.8 Å². The molecule has 2 heterocycles. The van der Waals surface area contributed by atoms with Gasteiger partial charge in [-0.05, 0) is 30.2 Å². The molecule has 5 nitrogen and oxygen atoms in total. The molecule has 0 aromatic heterocycles. The Morgan fingerprint density at radius 1 is 1.32 bits per heavy atom. The fourth-order valence-electron chi connectivity index (χ4n) is 2.84. The summed E-state index contributed by atoms with van der Waals surface area (Å²) in [6, 6.07) is 4.93. The largest absolute Gasteiger partial charge is 0.322 e. The minimum absolute atomic E-state index is 0.153. The Labute approximate surface area is 128 Å². The van der Waals surface area contributed by atoms with Crippen molar-refractivity contribution in [2.75, 3.05) is 0 Å². The molecular formula is C17H16N2O3. The van der Waals surface area contributed by atoms with Crippen LogP contribution in [0.1, 0.15) is 47.7 Å². The molecule has 1 atom stereocenters. The van der Waals surface area contributed by atoms with E-state index in [2.05, 4.69) is 17.2 Å². The Balaban J connectivity index is 1.84. The molecule has 5 heteroatoms. The summed E-state index contributed by atoms with van der Waals surface area (Å²) < 4.78 is 0. The Morgan fingerprint density at radius 3 is 2.86 bits per heavy atom. The zero-order chi connectivity index (χ0) is 15.7. The van der Waals surface area contributed by atoms with Crippen molar-refractivity contribution in [3.63, 3.8) is 0 Å². The van der Waals surface area contributed by atoms with Crippen molar-refractivity contribution in [1.29, 1.82) is 0 Å². The van der Waals surface area contributed by atoms with E-state index >= 15 is 0 Å². The maximum Gasteiger partial charge on any atom is 0.255 e. The van der Waals surface area contributed by atoms with Gasteiger partial charge in [0, 0.05) is 30.5 Å². The maximum atomic E-state index is 12.5. The number of carbonyl (C=O) groups excluding carboxylic acids is 3. The number of imide groups is 1. The number of benzene rings is 1. The van der Waals surface area contributed by atoms with Crippen molar-refractivity contribution in [1.82, 2.24) is 10.2 Å². The number of fused-ring (bicyclic) bond motifs is 1. The summed E-state index contributed by atoms with van der Waals surface area (Å²) in [5.41, 5.74) is 2.38. The highest BCUT2D eigenvalue weighted by Gasteiger charge is 2.38. The van der Waals surface area contributed by atoms with Crippen molar-refractivity contribution in [2.24, 2.45) is 0 Å². The smallest absolute Gasteiger partial charge is 0.255 e. The van der Waals surface area contributed by atoms with Crippen LogP contribution in [0.4, 0.5) is 0 Å². The zero-order valence-corrected chi connectivity index (χ0v) is 12.3. The first-order chi connectivity index (χ1) is 10.6. The average Bonchev–Trinajstić information content (AvgIpc) is 2.82. The first kappa shape index (κ1) is 14.3. The summed E-state index contributed by atoms with van der Waals surface area (Å²) in [5.74, 6) is 5.23. The van der Waals surface area contributed by atoms with E-state index in [4.69, 9.17) is 0 Å². The van der Waals surface area contributed by atoms with Crippen molar-refractivity contribution in [3.8, 4) is 11.8 Å². The van der Waals surface area contributed by atoms with Crippen LogP contribution >= 0.6 is 0 Å². The van der Waals surface area contributed by atoms with E-state index in [0.717, 1.165) is 17.5 Å². The molecule has 0 spiro atoms. The van der Waals surface area contributed by atoms with Gasteiger partial charge in [-0.15, -0.1) is 0 Å². The van der Waals surface area contributed by atoms with E-state index in [1.165, 1.54) is 0 Å². The van der Waals surface area contributed by atoms with E-state index < -0.39 is 6.04 Å².